The lowest BCUT2D eigenvalue weighted by molar-refractivity contribution is -0.139. The maximum Gasteiger partial charge on any atom is 0.333 e. The smallest absolute Gasteiger partial charge is 0.333 e. The lowest BCUT2D eigenvalue weighted by Gasteiger charge is -2.04. The van der Waals surface area contributed by atoms with Crippen LogP contribution >= 0.6 is 0 Å². The van der Waals surface area contributed by atoms with Crippen molar-refractivity contribution in [3.05, 3.63) is 36.5 Å². The molecule has 0 heterocycles. The van der Waals surface area contributed by atoms with E-state index in [2.05, 4.69) is 37.8 Å². The fraction of sp³-hybridized carbons (Fsp3) is 0.825. The van der Waals surface area contributed by atoms with Crippen LogP contribution in [0.4, 0.5) is 0 Å². The second kappa shape index (κ2) is 35.9. The van der Waals surface area contributed by atoms with Gasteiger partial charge in [0.1, 0.15) is 0 Å². The number of allylic oxidation sites excluding steroid dienone is 4. The van der Waals surface area contributed by atoms with E-state index in [0.29, 0.717) is 12.2 Å². The standard InChI is InChI=1S/C40H74O2/c1-4-5-6-7-8-9-10-11-12-13-14-15-16-17-18-19-20-21-22-23-24-25-26-27-28-29-30-31-32-33-34-35-36-37-38-42-40(41)39(2)3/h11-12,29-30H,2,4-10,13-28,31-38H2,1,3H3/b12-11-,30-29-. The number of esters is 1. The molecule has 0 N–H and O–H groups in total. The fourth-order valence-corrected chi connectivity index (χ4v) is 5.52. The molecule has 0 atom stereocenters. The van der Waals surface area contributed by atoms with Crippen molar-refractivity contribution >= 4 is 5.97 Å². The van der Waals surface area contributed by atoms with Crippen LogP contribution in [0.2, 0.25) is 0 Å². The normalized spacial score (nSPS) is 11.7. The van der Waals surface area contributed by atoms with E-state index in [0.717, 1.165) is 12.8 Å². The Bertz CT molecular complexity index is 617. The van der Waals surface area contributed by atoms with Gasteiger partial charge in [0, 0.05) is 5.57 Å². The molecule has 0 amide bonds. The highest BCUT2D eigenvalue weighted by Gasteiger charge is 2.01. The van der Waals surface area contributed by atoms with Crippen molar-refractivity contribution < 1.29 is 9.53 Å². The Balaban J connectivity index is 3.15. The highest BCUT2D eigenvalue weighted by atomic mass is 16.5. The molecule has 0 aromatic carbocycles. The summed E-state index contributed by atoms with van der Waals surface area (Å²) in [5.74, 6) is -0.258. The van der Waals surface area contributed by atoms with E-state index in [1.807, 2.05) is 0 Å². The summed E-state index contributed by atoms with van der Waals surface area (Å²) in [7, 11) is 0. The van der Waals surface area contributed by atoms with E-state index < -0.39 is 0 Å². The van der Waals surface area contributed by atoms with Gasteiger partial charge >= 0.3 is 5.97 Å². The first kappa shape index (κ1) is 40.7. The van der Waals surface area contributed by atoms with Crippen LogP contribution in [0, 0.1) is 0 Å². The highest BCUT2D eigenvalue weighted by Crippen LogP contribution is 2.15. The van der Waals surface area contributed by atoms with E-state index in [4.69, 9.17) is 4.74 Å². The summed E-state index contributed by atoms with van der Waals surface area (Å²) in [6, 6.07) is 0. The van der Waals surface area contributed by atoms with E-state index in [-0.39, 0.29) is 5.97 Å². The van der Waals surface area contributed by atoms with Crippen molar-refractivity contribution in [3.8, 4) is 0 Å². The van der Waals surface area contributed by atoms with Crippen LogP contribution < -0.4 is 0 Å². The van der Waals surface area contributed by atoms with Crippen molar-refractivity contribution in [2.75, 3.05) is 6.61 Å². The number of rotatable bonds is 34. The quantitative estimate of drug-likeness (QED) is 0.0324. The van der Waals surface area contributed by atoms with Gasteiger partial charge in [-0.1, -0.05) is 173 Å². The number of ether oxygens (including phenoxy) is 1. The maximum atomic E-state index is 11.3. The Morgan fingerprint density at radius 1 is 0.452 bits per heavy atom. The van der Waals surface area contributed by atoms with Crippen LogP contribution in [0.15, 0.2) is 36.5 Å². The third-order valence-electron chi connectivity index (χ3n) is 8.40. The summed E-state index contributed by atoms with van der Waals surface area (Å²) in [6.07, 6.45) is 50.6. The fourth-order valence-electron chi connectivity index (χ4n) is 5.52. The van der Waals surface area contributed by atoms with Crippen LogP contribution in [0.25, 0.3) is 0 Å². The number of carbonyl (C=O) groups is 1. The first-order valence-electron chi connectivity index (χ1n) is 18.8. The molecule has 0 saturated heterocycles. The number of hydrogen-bond acceptors (Lipinski definition) is 2. The van der Waals surface area contributed by atoms with Crippen molar-refractivity contribution in [2.45, 2.75) is 206 Å². The van der Waals surface area contributed by atoms with Crippen LogP contribution in [0.5, 0.6) is 0 Å². The third kappa shape index (κ3) is 34.9. The van der Waals surface area contributed by atoms with Crippen molar-refractivity contribution in [3.63, 3.8) is 0 Å². The number of hydrogen-bond donors (Lipinski definition) is 0. The summed E-state index contributed by atoms with van der Waals surface area (Å²) in [6.45, 7) is 8.12. The van der Waals surface area contributed by atoms with Crippen LogP contribution in [-0.2, 0) is 9.53 Å². The molecule has 0 aliphatic rings. The lowest BCUT2D eigenvalue weighted by Crippen LogP contribution is -2.05. The summed E-state index contributed by atoms with van der Waals surface area (Å²) in [4.78, 5) is 11.3. The van der Waals surface area contributed by atoms with Crippen LogP contribution in [-0.4, -0.2) is 12.6 Å². The molecule has 0 aromatic heterocycles. The zero-order valence-corrected chi connectivity index (χ0v) is 28.8. The van der Waals surface area contributed by atoms with Gasteiger partial charge in [0.2, 0.25) is 0 Å². The Labute approximate surface area is 264 Å². The molecule has 42 heavy (non-hydrogen) atoms. The average molecular weight is 587 g/mol. The van der Waals surface area contributed by atoms with Gasteiger partial charge in [-0.15, -0.1) is 0 Å². The van der Waals surface area contributed by atoms with Gasteiger partial charge < -0.3 is 4.74 Å². The Morgan fingerprint density at radius 2 is 0.714 bits per heavy atom. The topological polar surface area (TPSA) is 26.3 Å². The number of unbranched alkanes of at least 4 members (excludes halogenated alkanes) is 27. The third-order valence-corrected chi connectivity index (χ3v) is 8.40. The molecular weight excluding hydrogens is 512 g/mol. The van der Waals surface area contributed by atoms with E-state index in [9.17, 15) is 4.79 Å². The molecule has 246 valence electrons. The first-order valence-corrected chi connectivity index (χ1v) is 18.8. The molecule has 0 saturated carbocycles. The second-order valence-electron chi connectivity index (χ2n) is 12.9. The first-order chi connectivity index (χ1) is 20.7. The van der Waals surface area contributed by atoms with Gasteiger partial charge in [-0.2, -0.15) is 0 Å². The molecule has 0 unspecified atom stereocenters. The van der Waals surface area contributed by atoms with E-state index in [1.165, 1.54) is 180 Å². The van der Waals surface area contributed by atoms with Crippen molar-refractivity contribution in [1.29, 1.82) is 0 Å². The SMILES string of the molecule is C=C(C)C(=O)OCCCCCCCC/C=C\CCCCCCCCCCCCCCCC/C=C\CCCCCCCC. The Morgan fingerprint density at radius 3 is 1.00 bits per heavy atom. The molecule has 2 heteroatoms. The molecule has 0 aliphatic carbocycles. The summed E-state index contributed by atoms with van der Waals surface area (Å²) >= 11 is 0. The van der Waals surface area contributed by atoms with Gasteiger partial charge in [0.05, 0.1) is 6.61 Å². The lowest BCUT2D eigenvalue weighted by atomic mass is 10.0. The van der Waals surface area contributed by atoms with Crippen LogP contribution in [0.3, 0.4) is 0 Å². The second-order valence-corrected chi connectivity index (χ2v) is 12.9. The highest BCUT2D eigenvalue weighted by molar-refractivity contribution is 5.86. The van der Waals surface area contributed by atoms with Gasteiger partial charge in [-0.25, -0.2) is 4.79 Å². The Kier molecular flexibility index (Phi) is 34.8. The van der Waals surface area contributed by atoms with Crippen molar-refractivity contribution in [2.24, 2.45) is 0 Å². The largest absolute Gasteiger partial charge is 0.462 e. The maximum absolute atomic E-state index is 11.3. The Hall–Kier alpha value is -1.31. The van der Waals surface area contributed by atoms with Gasteiger partial charge in [-0.05, 0) is 64.7 Å². The zero-order valence-electron chi connectivity index (χ0n) is 28.8. The number of carbonyl (C=O) groups excluding carboxylic acids is 1. The molecule has 0 fully saturated rings. The molecule has 2 nitrogen and oxygen atoms in total. The minimum absolute atomic E-state index is 0.258. The molecule has 0 radical (unpaired) electrons. The predicted molar refractivity (Wildman–Crippen MR) is 188 cm³/mol. The molecule has 0 aromatic rings. The molecule has 0 rings (SSSR count). The van der Waals surface area contributed by atoms with Crippen molar-refractivity contribution in [1.82, 2.24) is 0 Å². The van der Waals surface area contributed by atoms with Crippen LogP contribution in [0.1, 0.15) is 206 Å². The zero-order chi connectivity index (χ0) is 30.6. The molecule has 0 bridgehead atoms. The van der Waals surface area contributed by atoms with E-state index >= 15 is 0 Å². The summed E-state index contributed by atoms with van der Waals surface area (Å²) in [5, 5.41) is 0. The monoisotopic (exact) mass is 587 g/mol. The van der Waals surface area contributed by atoms with Gasteiger partial charge in [0.15, 0.2) is 0 Å². The van der Waals surface area contributed by atoms with Gasteiger partial charge in [-0.3, -0.25) is 0 Å². The minimum atomic E-state index is -0.258. The van der Waals surface area contributed by atoms with E-state index in [1.54, 1.807) is 6.92 Å². The minimum Gasteiger partial charge on any atom is -0.462 e. The molecule has 0 aliphatic heterocycles. The van der Waals surface area contributed by atoms with Gasteiger partial charge in [0.25, 0.3) is 0 Å². The summed E-state index contributed by atoms with van der Waals surface area (Å²) < 4.78 is 5.12. The molecule has 0 spiro atoms. The predicted octanol–water partition coefficient (Wildman–Crippen LogP) is 13.9. The average Bonchev–Trinajstić information content (AvgIpc) is 2.99. The molecular formula is C40H74O2. The summed E-state index contributed by atoms with van der Waals surface area (Å²) in [5.41, 5.74) is 0.489.